The fraction of sp³-hybridized carbons (Fsp3) is 0.444. The van der Waals surface area contributed by atoms with Crippen molar-refractivity contribution in [2.75, 3.05) is 13.1 Å². The van der Waals surface area contributed by atoms with Gasteiger partial charge in [0, 0.05) is 31.9 Å². The van der Waals surface area contributed by atoms with Gasteiger partial charge in [0.15, 0.2) is 0 Å². The van der Waals surface area contributed by atoms with E-state index in [-0.39, 0.29) is 31.3 Å². The number of hydrogen-bond acceptors (Lipinski definition) is 4. The van der Waals surface area contributed by atoms with Crippen LogP contribution in [0.1, 0.15) is 12.6 Å². The number of rotatable bonds is 4. The van der Waals surface area contributed by atoms with Crippen LogP contribution in [0.25, 0.3) is 0 Å². The number of aromatic nitrogens is 2. The third kappa shape index (κ3) is 3.17. The summed E-state index contributed by atoms with van der Waals surface area (Å²) in [5, 5.41) is 6.38. The average molecular weight is 210 g/mol. The molecule has 2 amide bonds. The maximum absolute atomic E-state index is 11.6. The lowest BCUT2D eigenvalue weighted by atomic mass is 10.2. The van der Waals surface area contributed by atoms with E-state index >= 15 is 0 Å². The fourth-order valence-corrected chi connectivity index (χ4v) is 1.23. The monoisotopic (exact) mass is 210 g/mol. The van der Waals surface area contributed by atoms with E-state index in [1.807, 2.05) is 0 Å². The number of nitrogens with two attached hydrogens (primary N) is 1. The molecule has 0 spiro atoms. The zero-order valence-corrected chi connectivity index (χ0v) is 8.56. The van der Waals surface area contributed by atoms with E-state index in [1.54, 1.807) is 12.3 Å². The van der Waals surface area contributed by atoms with Gasteiger partial charge in [-0.15, -0.1) is 0 Å². The maximum atomic E-state index is 11.6. The number of nitrogens with zero attached hydrogens (tertiary/aromatic N) is 2. The van der Waals surface area contributed by atoms with Crippen molar-refractivity contribution in [3.8, 4) is 0 Å². The van der Waals surface area contributed by atoms with E-state index in [4.69, 9.17) is 5.73 Å². The van der Waals surface area contributed by atoms with E-state index in [0.717, 1.165) is 4.90 Å². The van der Waals surface area contributed by atoms with Crippen LogP contribution in [0, 0.1) is 0 Å². The summed E-state index contributed by atoms with van der Waals surface area (Å²) in [5.74, 6) is -0.554. The SMILES string of the molecule is CC(=O)N(CCN)C(=O)Cc1ccn[nH]1. The highest BCUT2D eigenvalue weighted by atomic mass is 16.2. The average Bonchev–Trinajstić information content (AvgIpc) is 2.65. The van der Waals surface area contributed by atoms with Crippen molar-refractivity contribution >= 4 is 11.8 Å². The number of imide groups is 1. The Balaban J connectivity index is 2.60. The van der Waals surface area contributed by atoms with Gasteiger partial charge in [-0.1, -0.05) is 0 Å². The van der Waals surface area contributed by atoms with Crippen LogP contribution in [0.2, 0.25) is 0 Å². The minimum Gasteiger partial charge on any atom is -0.329 e. The first-order chi connectivity index (χ1) is 7.15. The lowest BCUT2D eigenvalue weighted by Gasteiger charge is -2.17. The summed E-state index contributed by atoms with van der Waals surface area (Å²) in [6, 6.07) is 1.69. The van der Waals surface area contributed by atoms with Crippen LogP contribution in [-0.4, -0.2) is 40.0 Å². The van der Waals surface area contributed by atoms with Gasteiger partial charge in [-0.05, 0) is 6.07 Å². The normalized spacial score (nSPS) is 10.0. The van der Waals surface area contributed by atoms with Crippen LogP contribution >= 0.6 is 0 Å². The Morgan fingerprint density at radius 1 is 1.60 bits per heavy atom. The van der Waals surface area contributed by atoms with Gasteiger partial charge in [0.1, 0.15) is 0 Å². The minimum atomic E-state index is -0.287. The van der Waals surface area contributed by atoms with E-state index in [1.165, 1.54) is 6.92 Å². The van der Waals surface area contributed by atoms with Gasteiger partial charge in [-0.25, -0.2) is 0 Å². The lowest BCUT2D eigenvalue weighted by molar-refractivity contribution is -0.142. The molecule has 0 bridgehead atoms. The van der Waals surface area contributed by atoms with E-state index < -0.39 is 0 Å². The molecule has 1 aromatic rings. The Labute approximate surface area is 87.4 Å². The Bertz CT molecular complexity index is 334. The molecule has 82 valence electrons. The van der Waals surface area contributed by atoms with E-state index in [0.29, 0.717) is 5.69 Å². The van der Waals surface area contributed by atoms with Gasteiger partial charge < -0.3 is 5.73 Å². The molecule has 6 nitrogen and oxygen atoms in total. The molecule has 0 unspecified atom stereocenters. The van der Waals surface area contributed by atoms with Crippen molar-refractivity contribution in [3.05, 3.63) is 18.0 Å². The predicted molar refractivity (Wildman–Crippen MR) is 53.7 cm³/mol. The highest BCUT2D eigenvalue weighted by molar-refractivity contribution is 5.94. The van der Waals surface area contributed by atoms with Crippen molar-refractivity contribution in [1.82, 2.24) is 15.1 Å². The highest BCUT2D eigenvalue weighted by Gasteiger charge is 2.17. The molecule has 15 heavy (non-hydrogen) atoms. The lowest BCUT2D eigenvalue weighted by Crippen LogP contribution is -2.39. The van der Waals surface area contributed by atoms with E-state index in [9.17, 15) is 9.59 Å². The molecular formula is C9H14N4O2. The molecule has 0 aromatic carbocycles. The zero-order chi connectivity index (χ0) is 11.3. The fourth-order valence-electron chi connectivity index (χ4n) is 1.23. The molecule has 1 rings (SSSR count). The quantitative estimate of drug-likeness (QED) is 0.686. The standard InChI is InChI=1S/C9H14N4O2/c1-7(14)13(5-3-10)9(15)6-8-2-4-11-12-8/h2,4H,3,5-6,10H2,1H3,(H,11,12). The predicted octanol–water partition coefficient (Wildman–Crippen LogP) is -0.714. The summed E-state index contributed by atoms with van der Waals surface area (Å²) in [6.45, 7) is 1.87. The van der Waals surface area contributed by atoms with Crippen molar-refractivity contribution in [3.63, 3.8) is 0 Å². The van der Waals surface area contributed by atoms with Crippen molar-refractivity contribution in [2.45, 2.75) is 13.3 Å². The van der Waals surface area contributed by atoms with E-state index in [2.05, 4.69) is 10.2 Å². The summed E-state index contributed by atoms with van der Waals surface area (Å²) in [6.07, 6.45) is 1.70. The number of aromatic amines is 1. The topological polar surface area (TPSA) is 92.1 Å². The van der Waals surface area contributed by atoms with Crippen molar-refractivity contribution < 1.29 is 9.59 Å². The molecule has 1 heterocycles. The zero-order valence-electron chi connectivity index (χ0n) is 8.56. The molecule has 0 aliphatic heterocycles. The van der Waals surface area contributed by atoms with Crippen LogP contribution in [-0.2, 0) is 16.0 Å². The molecule has 3 N–H and O–H groups in total. The summed E-state index contributed by atoms with van der Waals surface area (Å²) in [5.41, 5.74) is 6.00. The summed E-state index contributed by atoms with van der Waals surface area (Å²) in [4.78, 5) is 23.9. The number of carbonyl (C=O) groups excluding carboxylic acids is 2. The Kier molecular flexibility index (Phi) is 3.99. The summed E-state index contributed by atoms with van der Waals surface area (Å²) >= 11 is 0. The number of hydrogen-bond donors (Lipinski definition) is 2. The molecule has 0 aliphatic carbocycles. The third-order valence-corrected chi connectivity index (χ3v) is 1.93. The Morgan fingerprint density at radius 3 is 2.80 bits per heavy atom. The molecule has 0 fully saturated rings. The molecule has 0 aliphatic rings. The second-order valence-electron chi connectivity index (χ2n) is 3.11. The van der Waals surface area contributed by atoms with Crippen LogP contribution in [0.4, 0.5) is 0 Å². The number of carbonyl (C=O) groups is 2. The largest absolute Gasteiger partial charge is 0.329 e. The van der Waals surface area contributed by atoms with Crippen LogP contribution in [0.15, 0.2) is 12.3 Å². The first-order valence-electron chi connectivity index (χ1n) is 4.64. The number of nitrogens with one attached hydrogen (secondary N) is 1. The van der Waals surface area contributed by atoms with Crippen LogP contribution < -0.4 is 5.73 Å². The van der Waals surface area contributed by atoms with Gasteiger partial charge in [0.2, 0.25) is 11.8 Å². The molecule has 0 radical (unpaired) electrons. The molecular weight excluding hydrogens is 196 g/mol. The first-order valence-corrected chi connectivity index (χ1v) is 4.64. The second-order valence-corrected chi connectivity index (χ2v) is 3.11. The summed E-state index contributed by atoms with van der Waals surface area (Å²) in [7, 11) is 0. The molecule has 0 saturated carbocycles. The van der Waals surface area contributed by atoms with Gasteiger partial charge >= 0.3 is 0 Å². The Morgan fingerprint density at radius 2 is 2.33 bits per heavy atom. The third-order valence-electron chi connectivity index (χ3n) is 1.93. The van der Waals surface area contributed by atoms with Crippen molar-refractivity contribution in [2.24, 2.45) is 5.73 Å². The summed E-state index contributed by atoms with van der Waals surface area (Å²) < 4.78 is 0. The van der Waals surface area contributed by atoms with Crippen molar-refractivity contribution in [1.29, 1.82) is 0 Å². The highest BCUT2D eigenvalue weighted by Crippen LogP contribution is 1.99. The second kappa shape index (κ2) is 5.26. The van der Waals surface area contributed by atoms with Gasteiger partial charge in [0.25, 0.3) is 0 Å². The maximum Gasteiger partial charge on any atom is 0.235 e. The molecule has 0 atom stereocenters. The first kappa shape index (κ1) is 11.4. The molecule has 0 saturated heterocycles. The number of amides is 2. The molecule has 1 aromatic heterocycles. The minimum absolute atomic E-state index is 0.138. The van der Waals surface area contributed by atoms with Gasteiger partial charge in [-0.2, -0.15) is 5.10 Å². The van der Waals surface area contributed by atoms with Gasteiger partial charge in [-0.3, -0.25) is 19.6 Å². The van der Waals surface area contributed by atoms with Crippen LogP contribution in [0.5, 0.6) is 0 Å². The number of H-pyrrole nitrogens is 1. The smallest absolute Gasteiger partial charge is 0.235 e. The Hall–Kier alpha value is -1.69. The van der Waals surface area contributed by atoms with Gasteiger partial charge in [0.05, 0.1) is 6.42 Å². The molecule has 6 heteroatoms. The van der Waals surface area contributed by atoms with Crippen LogP contribution in [0.3, 0.4) is 0 Å².